The SMILES string of the molecule is Cc1ccc(NCC(=O)Nc2cccc(C(=O)NC(C)(C)C)c2)cc1. The minimum absolute atomic E-state index is 0.154. The van der Waals surface area contributed by atoms with E-state index in [9.17, 15) is 9.59 Å². The second kappa shape index (κ2) is 7.83. The molecule has 2 aromatic carbocycles. The number of benzene rings is 2. The predicted molar refractivity (Wildman–Crippen MR) is 102 cm³/mol. The summed E-state index contributed by atoms with van der Waals surface area (Å²) in [6.45, 7) is 7.94. The number of aryl methyl sites for hydroxylation is 1. The van der Waals surface area contributed by atoms with Crippen molar-refractivity contribution in [3.63, 3.8) is 0 Å². The summed E-state index contributed by atoms with van der Waals surface area (Å²) in [6.07, 6.45) is 0. The summed E-state index contributed by atoms with van der Waals surface area (Å²) >= 11 is 0. The first-order chi connectivity index (χ1) is 11.7. The fourth-order valence-electron chi connectivity index (χ4n) is 2.21. The standard InChI is InChI=1S/C20H25N3O2/c1-14-8-10-16(11-9-14)21-13-18(24)22-17-7-5-6-15(12-17)19(25)23-20(2,3)4/h5-12,21H,13H2,1-4H3,(H,22,24)(H,23,25). The Kier molecular flexibility index (Phi) is 5.80. The Morgan fingerprint density at radius 3 is 2.28 bits per heavy atom. The lowest BCUT2D eigenvalue weighted by Gasteiger charge is -2.20. The van der Waals surface area contributed by atoms with Gasteiger partial charge in [0.15, 0.2) is 0 Å². The highest BCUT2D eigenvalue weighted by atomic mass is 16.2. The Labute approximate surface area is 148 Å². The summed E-state index contributed by atoms with van der Waals surface area (Å²) in [7, 11) is 0. The second-order valence-corrected chi connectivity index (χ2v) is 7.05. The number of carbonyl (C=O) groups excluding carboxylic acids is 2. The van der Waals surface area contributed by atoms with E-state index in [1.165, 1.54) is 5.56 Å². The van der Waals surface area contributed by atoms with Crippen LogP contribution in [0.4, 0.5) is 11.4 Å². The first-order valence-corrected chi connectivity index (χ1v) is 8.26. The summed E-state index contributed by atoms with van der Waals surface area (Å²) in [5.41, 5.74) is 2.85. The Morgan fingerprint density at radius 2 is 1.64 bits per heavy atom. The molecule has 0 bridgehead atoms. The van der Waals surface area contributed by atoms with Crippen LogP contribution < -0.4 is 16.0 Å². The molecule has 2 aromatic rings. The van der Waals surface area contributed by atoms with Crippen LogP contribution in [-0.4, -0.2) is 23.9 Å². The molecular weight excluding hydrogens is 314 g/mol. The molecule has 2 rings (SSSR count). The topological polar surface area (TPSA) is 70.2 Å². The summed E-state index contributed by atoms with van der Waals surface area (Å²) in [6, 6.07) is 14.7. The Bertz CT molecular complexity index is 746. The molecule has 5 heteroatoms. The van der Waals surface area contributed by atoms with Gasteiger partial charge in [0, 0.05) is 22.5 Å². The van der Waals surface area contributed by atoms with E-state index >= 15 is 0 Å². The molecule has 5 nitrogen and oxygen atoms in total. The Hall–Kier alpha value is -2.82. The number of hydrogen-bond acceptors (Lipinski definition) is 3. The van der Waals surface area contributed by atoms with Crippen molar-refractivity contribution in [3.05, 3.63) is 59.7 Å². The van der Waals surface area contributed by atoms with Gasteiger partial charge < -0.3 is 16.0 Å². The van der Waals surface area contributed by atoms with Crippen molar-refractivity contribution in [2.24, 2.45) is 0 Å². The van der Waals surface area contributed by atoms with Crippen molar-refractivity contribution >= 4 is 23.2 Å². The predicted octanol–water partition coefficient (Wildman–Crippen LogP) is 3.57. The van der Waals surface area contributed by atoms with E-state index in [2.05, 4.69) is 16.0 Å². The van der Waals surface area contributed by atoms with Crippen LogP contribution >= 0.6 is 0 Å². The third-order valence-electron chi connectivity index (χ3n) is 3.40. The van der Waals surface area contributed by atoms with Crippen molar-refractivity contribution in [2.75, 3.05) is 17.2 Å². The van der Waals surface area contributed by atoms with Crippen molar-refractivity contribution in [3.8, 4) is 0 Å². The second-order valence-electron chi connectivity index (χ2n) is 7.05. The van der Waals surface area contributed by atoms with Crippen LogP contribution in [0.1, 0.15) is 36.7 Å². The van der Waals surface area contributed by atoms with E-state index in [1.807, 2.05) is 52.0 Å². The monoisotopic (exact) mass is 339 g/mol. The molecule has 25 heavy (non-hydrogen) atoms. The number of nitrogens with one attached hydrogen (secondary N) is 3. The van der Waals surface area contributed by atoms with E-state index in [0.717, 1.165) is 5.69 Å². The zero-order chi connectivity index (χ0) is 18.4. The van der Waals surface area contributed by atoms with Crippen LogP contribution in [0.3, 0.4) is 0 Å². The largest absolute Gasteiger partial charge is 0.376 e. The number of hydrogen-bond donors (Lipinski definition) is 3. The molecule has 0 radical (unpaired) electrons. The maximum absolute atomic E-state index is 12.2. The lowest BCUT2D eigenvalue weighted by atomic mass is 10.1. The van der Waals surface area contributed by atoms with Gasteiger partial charge in [-0.2, -0.15) is 0 Å². The maximum Gasteiger partial charge on any atom is 0.251 e. The molecule has 0 unspecified atom stereocenters. The van der Waals surface area contributed by atoms with E-state index in [1.54, 1.807) is 24.3 Å². The van der Waals surface area contributed by atoms with Crippen LogP contribution in [0.25, 0.3) is 0 Å². The Balaban J connectivity index is 1.93. The smallest absolute Gasteiger partial charge is 0.251 e. The van der Waals surface area contributed by atoms with E-state index in [4.69, 9.17) is 0 Å². The van der Waals surface area contributed by atoms with Gasteiger partial charge in [0.2, 0.25) is 5.91 Å². The van der Waals surface area contributed by atoms with Gasteiger partial charge in [-0.1, -0.05) is 23.8 Å². The Morgan fingerprint density at radius 1 is 0.960 bits per heavy atom. The molecular formula is C20H25N3O2. The average molecular weight is 339 g/mol. The molecule has 0 aliphatic rings. The highest BCUT2D eigenvalue weighted by Gasteiger charge is 2.15. The van der Waals surface area contributed by atoms with Gasteiger partial charge in [0.05, 0.1) is 6.54 Å². The van der Waals surface area contributed by atoms with Crippen LogP contribution in [0.2, 0.25) is 0 Å². The zero-order valence-corrected chi connectivity index (χ0v) is 15.1. The van der Waals surface area contributed by atoms with Crippen LogP contribution in [0.15, 0.2) is 48.5 Å². The van der Waals surface area contributed by atoms with Crippen LogP contribution in [0.5, 0.6) is 0 Å². The number of carbonyl (C=O) groups is 2. The lowest BCUT2D eigenvalue weighted by Crippen LogP contribution is -2.40. The van der Waals surface area contributed by atoms with Gasteiger partial charge in [-0.3, -0.25) is 9.59 Å². The molecule has 132 valence electrons. The molecule has 0 aliphatic carbocycles. The molecule has 3 N–H and O–H groups in total. The third-order valence-corrected chi connectivity index (χ3v) is 3.40. The van der Waals surface area contributed by atoms with E-state index in [0.29, 0.717) is 11.3 Å². The molecule has 2 amide bonds. The molecule has 0 saturated carbocycles. The van der Waals surface area contributed by atoms with Gasteiger partial charge in [0.25, 0.3) is 5.91 Å². The van der Waals surface area contributed by atoms with Gasteiger partial charge in [0.1, 0.15) is 0 Å². The van der Waals surface area contributed by atoms with Crippen molar-refractivity contribution in [1.29, 1.82) is 0 Å². The van der Waals surface area contributed by atoms with Gasteiger partial charge >= 0.3 is 0 Å². The third kappa shape index (κ3) is 6.30. The van der Waals surface area contributed by atoms with Crippen molar-refractivity contribution < 1.29 is 9.59 Å². The number of rotatable bonds is 5. The molecule has 0 aliphatic heterocycles. The normalized spacial score (nSPS) is 10.9. The van der Waals surface area contributed by atoms with Crippen LogP contribution in [0, 0.1) is 6.92 Å². The zero-order valence-electron chi connectivity index (χ0n) is 15.1. The number of amides is 2. The molecule has 0 aromatic heterocycles. The molecule has 0 spiro atoms. The van der Waals surface area contributed by atoms with Gasteiger partial charge in [-0.25, -0.2) is 0 Å². The summed E-state index contributed by atoms with van der Waals surface area (Å²) in [5, 5.41) is 8.77. The first-order valence-electron chi connectivity index (χ1n) is 8.26. The van der Waals surface area contributed by atoms with Crippen molar-refractivity contribution in [1.82, 2.24) is 5.32 Å². The quantitative estimate of drug-likeness (QED) is 0.780. The fraction of sp³-hybridized carbons (Fsp3) is 0.300. The van der Waals surface area contributed by atoms with E-state index in [-0.39, 0.29) is 23.9 Å². The minimum Gasteiger partial charge on any atom is -0.376 e. The highest BCUT2D eigenvalue weighted by Crippen LogP contribution is 2.13. The lowest BCUT2D eigenvalue weighted by molar-refractivity contribution is -0.114. The van der Waals surface area contributed by atoms with Crippen molar-refractivity contribution in [2.45, 2.75) is 33.2 Å². The summed E-state index contributed by atoms with van der Waals surface area (Å²) in [5.74, 6) is -0.338. The van der Waals surface area contributed by atoms with E-state index < -0.39 is 0 Å². The summed E-state index contributed by atoms with van der Waals surface area (Å²) in [4.78, 5) is 24.3. The first kappa shape index (κ1) is 18.5. The minimum atomic E-state index is -0.311. The molecule has 0 saturated heterocycles. The highest BCUT2D eigenvalue weighted by molar-refractivity contribution is 5.98. The molecule has 0 fully saturated rings. The van der Waals surface area contributed by atoms with Crippen LogP contribution in [-0.2, 0) is 4.79 Å². The molecule has 0 atom stereocenters. The van der Waals surface area contributed by atoms with Gasteiger partial charge in [-0.15, -0.1) is 0 Å². The maximum atomic E-state index is 12.2. The summed E-state index contributed by atoms with van der Waals surface area (Å²) < 4.78 is 0. The average Bonchev–Trinajstić information content (AvgIpc) is 2.53. The molecule has 0 heterocycles. The fourth-order valence-corrected chi connectivity index (χ4v) is 2.21. The van der Waals surface area contributed by atoms with Gasteiger partial charge in [-0.05, 0) is 58.0 Å². The number of anilines is 2.